The second-order valence-electron chi connectivity index (χ2n) is 4.08. The zero-order valence-electron chi connectivity index (χ0n) is 9.10. The number of carbonyl (C=O) groups excluding carboxylic acids is 1. The van der Waals surface area contributed by atoms with Crippen molar-refractivity contribution in [2.45, 2.75) is 20.3 Å². The zero-order valence-corrected chi connectivity index (χ0v) is 9.91. The van der Waals surface area contributed by atoms with E-state index < -0.39 is 21.0 Å². The van der Waals surface area contributed by atoms with Crippen molar-refractivity contribution in [1.82, 2.24) is 0 Å². The Labute approximate surface area is 89.2 Å². The van der Waals surface area contributed by atoms with Crippen LogP contribution in [0, 0.1) is 5.41 Å². The molecule has 0 aliphatic heterocycles. The molecule has 0 radical (unpaired) electrons. The molecular weight excluding hydrogens is 218 g/mol. The van der Waals surface area contributed by atoms with Gasteiger partial charge in [-0.15, -0.1) is 0 Å². The van der Waals surface area contributed by atoms with Gasteiger partial charge >= 0.3 is 0 Å². The lowest BCUT2D eigenvalue weighted by molar-refractivity contribution is -0.124. The highest BCUT2D eigenvalue weighted by Crippen LogP contribution is 2.22. The van der Waals surface area contributed by atoms with Crippen molar-refractivity contribution in [2.24, 2.45) is 10.5 Å². The van der Waals surface area contributed by atoms with Gasteiger partial charge in [0.1, 0.15) is 5.75 Å². The zero-order chi connectivity index (χ0) is 12.1. The SMILES string of the molecule is CC(C)(CCN=[N+]=[N-])C(=O)CS(C)(=O)=O. The molecule has 0 heterocycles. The number of nitrogens with zero attached hydrogens (tertiary/aromatic N) is 3. The van der Waals surface area contributed by atoms with Crippen molar-refractivity contribution < 1.29 is 13.2 Å². The summed E-state index contributed by atoms with van der Waals surface area (Å²) in [6.45, 7) is 3.49. The molecule has 0 saturated carbocycles. The van der Waals surface area contributed by atoms with Gasteiger partial charge in [-0.25, -0.2) is 8.42 Å². The summed E-state index contributed by atoms with van der Waals surface area (Å²) in [7, 11) is -3.29. The highest BCUT2D eigenvalue weighted by atomic mass is 32.2. The number of hydrogen-bond donors (Lipinski definition) is 0. The Bertz CT molecular complexity index is 380. The van der Waals surface area contributed by atoms with Crippen LogP contribution in [0.5, 0.6) is 0 Å². The summed E-state index contributed by atoms with van der Waals surface area (Å²) in [6, 6.07) is 0. The van der Waals surface area contributed by atoms with Gasteiger partial charge in [0, 0.05) is 23.1 Å². The van der Waals surface area contributed by atoms with Gasteiger partial charge in [0.15, 0.2) is 15.6 Å². The minimum absolute atomic E-state index is 0.193. The van der Waals surface area contributed by atoms with Crippen molar-refractivity contribution in [2.75, 3.05) is 18.6 Å². The van der Waals surface area contributed by atoms with E-state index in [1.165, 1.54) is 0 Å². The molecule has 0 unspecified atom stereocenters. The number of azide groups is 1. The fourth-order valence-electron chi connectivity index (χ4n) is 0.947. The standard InChI is InChI=1S/C8H15N3O3S/c1-8(2,4-5-10-11-9)7(12)6-15(3,13)14/h4-6H2,1-3H3. The summed E-state index contributed by atoms with van der Waals surface area (Å²) in [5.41, 5.74) is 7.30. The van der Waals surface area contributed by atoms with E-state index in [1.54, 1.807) is 13.8 Å². The highest BCUT2D eigenvalue weighted by molar-refractivity contribution is 7.91. The van der Waals surface area contributed by atoms with Gasteiger partial charge in [-0.05, 0) is 12.0 Å². The van der Waals surface area contributed by atoms with Gasteiger partial charge in [0.05, 0.1) is 0 Å². The largest absolute Gasteiger partial charge is 0.298 e. The molecule has 0 amide bonds. The van der Waals surface area contributed by atoms with E-state index in [0.717, 1.165) is 6.26 Å². The number of ketones is 1. The molecule has 6 nitrogen and oxygen atoms in total. The summed E-state index contributed by atoms with van der Waals surface area (Å²) in [5, 5.41) is 3.31. The molecule has 86 valence electrons. The smallest absolute Gasteiger partial charge is 0.154 e. The second kappa shape index (κ2) is 5.14. The number of hydrogen-bond acceptors (Lipinski definition) is 4. The Balaban J connectivity index is 4.45. The third-order valence-corrected chi connectivity index (χ3v) is 2.83. The number of rotatable bonds is 6. The van der Waals surface area contributed by atoms with E-state index >= 15 is 0 Å². The second-order valence-corrected chi connectivity index (χ2v) is 6.22. The number of carbonyl (C=O) groups is 1. The highest BCUT2D eigenvalue weighted by Gasteiger charge is 2.28. The molecule has 0 aliphatic carbocycles. The normalized spacial score (nSPS) is 11.9. The lowest BCUT2D eigenvalue weighted by Crippen LogP contribution is -2.31. The van der Waals surface area contributed by atoms with Crippen LogP contribution in [0.4, 0.5) is 0 Å². The summed E-state index contributed by atoms with van der Waals surface area (Å²) < 4.78 is 21.8. The molecule has 0 bridgehead atoms. The van der Waals surface area contributed by atoms with Gasteiger partial charge < -0.3 is 0 Å². The van der Waals surface area contributed by atoms with Crippen molar-refractivity contribution in [3.63, 3.8) is 0 Å². The number of sulfone groups is 1. The predicted molar refractivity (Wildman–Crippen MR) is 57.1 cm³/mol. The van der Waals surface area contributed by atoms with E-state index in [-0.39, 0.29) is 12.3 Å². The molecule has 0 atom stereocenters. The molecule has 0 aromatic rings. The molecular formula is C8H15N3O3S. The van der Waals surface area contributed by atoms with Crippen molar-refractivity contribution in [3.05, 3.63) is 10.4 Å². The third kappa shape index (κ3) is 6.09. The van der Waals surface area contributed by atoms with Crippen LogP contribution in [0.25, 0.3) is 10.4 Å². The first-order chi connectivity index (χ1) is 6.69. The van der Waals surface area contributed by atoms with Crippen molar-refractivity contribution >= 4 is 15.6 Å². The minimum Gasteiger partial charge on any atom is -0.298 e. The van der Waals surface area contributed by atoms with Crippen LogP contribution < -0.4 is 0 Å². The quantitative estimate of drug-likeness (QED) is 0.393. The molecule has 0 fully saturated rings. The molecule has 0 N–H and O–H groups in total. The summed E-state index contributed by atoms with van der Waals surface area (Å²) >= 11 is 0. The fraction of sp³-hybridized carbons (Fsp3) is 0.875. The maximum absolute atomic E-state index is 11.6. The van der Waals surface area contributed by atoms with E-state index in [2.05, 4.69) is 10.0 Å². The molecule has 7 heteroatoms. The lowest BCUT2D eigenvalue weighted by Gasteiger charge is -2.21. The maximum Gasteiger partial charge on any atom is 0.154 e. The van der Waals surface area contributed by atoms with Crippen LogP contribution in [0.1, 0.15) is 20.3 Å². The van der Waals surface area contributed by atoms with Crippen LogP contribution in [0.2, 0.25) is 0 Å². The molecule has 15 heavy (non-hydrogen) atoms. The van der Waals surface area contributed by atoms with Crippen LogP contribution in [0.3, 0.4) is 0 Å². The molecule has 0 aliphatic rings. The van der Waals surface area contributed by atoms with Crippen LogP contribution in [-0.2, 0) is 14.6 Å². The van der Waals surface area contributed by atoms with E-state index in [4.69, 9.17) is 5.53 Å². The van der Waals surface area contributed by atoms with Crippen molar-refractivity contribution in [1.29, 1.82) is 0 Å². The Morgan fingerprint density at radius 1 is 1.47 bits per heavy atom. The summed E-state index contributed by atoms with van der Waals surface area (Å²) in [5.74, 6) is -0.811. The topological polar surface area (TPSA) is 100.0 Å². The first-order valence-electron chi connectivity index (χ1n) is 4.41. The molecule has 0 rings (SSSR count). The van der Waals surface area contributed by atoms with Gasteiger partial charge in [-0.1, -0.05) is 19.0 Å². The first-order valence-corrected chi connectivity index (χ1v) is 6.47. The average Bonchev–Trinajstić information content (AvgIpc) is 2.01. The summed E-state index contributed by atoms with van der Waals surface area (Å²) in [4.78, 5) is 14.1. The van der Waals surface area contributed by atoms with E-state index in [1.807, 2.05) is 0 Å². The third-order valence-electron chi connectivity index (χ3n) is 2.05. The Kier molecular flexibility index (Phi) is 4.77. The van der Waals surface area contributed by atoms with Gasteiger partial charge in [-0.3, -0.25) is 4.79 Å². The molecule has 0 saturated heterocycles. The molecule has 0 aromatic carbocycles. The van der Waals surface area contributed by atoms with E-state index in [9.17, 15) is 13.2 Å². The Morgan fingerprint density at radius 3 is 2.40 bits per heavy atom. The molecule has 0 spiro atoms. The first kappa shape index (κ1) is 13.9. The minimum atomic E-state index is -3.29. The van der Waals surface area contributed by atoms with Crippen LogP contribution >= 0.6 is 0 Å². The fourth-order valence-corrected chi connectivity index (χ4v) is 1.81. The van der Waals surface area contributed by atoms with Gasteiger partial charge in [0.25, 0.3) is 0 Å². The summed E-state index contributed by atoms with van der Waals surface area (Å²) in [6.07, 6.45) is 1.37. The van der Waals surface area contributed by atoms with Crippen molar-refractivity contribution in [3.8, 4) is 0 Å². The van der Waals surface area contributed by atoms with E-state index in [0.29, 0.717) is 6.42 Å². The molecule has 0 aromatic heterocycles. The van der Waals surface area contributed by atoms with Crippen LogP contribution in [0.15, 0.2) is 5.11 Å². The number of Topliss-reactive ketones (excluding diaryl/α,β-unsaturated/α-hetero) is 1. The van der Waals surface area contributed by atoms with Gasteiger partial charge in [0.2, 0.25) is 0 Å². The Hall–Kier alpha value is -1.07. The monoisotopic (exact) mass is 233 g/mol. The maximum atomic E-state index is 11.6. The van der Waals surface area contributed by atoms with Gasteiger partial charge in [-0.2, -0.15) is 0 Å². The average molecular weight is 233 g/mol. The lowest BCUT2D eigenvalue weighted by atomic mass is 9.85. The van der Waals surface area contributed by atoms with Crippen LogP contribution in [-0.4, -0.2) is 32.8 Å². The Morgan fingerprint density at radius 2 is 2.00 bits per heavy atom. The predicted octanol–water partition coefficient (Wildman–Crippen LogP) is 1.33.